The molecular weight excluding hydrogens is 190 g/mol. The van der Waals surface area contributed by atoms with Gasteiger partial charge in [0.05, 0.1) is 7.11 Å². The Hall–Kier alpha value is -0.910. The third-order valence-electron chi connectivity index (χ3n) is 1.65. The number of thiophene rings is 1. The lowest BCUT2D eigenvalue weighted by Crippen LogP contribution is -2.37. The second-order valence-electron chi connectivity index (χ2n) is 2.51. The average molecular weight is 201 g/mol. The monoisotopic (exact) mass is 201 g/mol. The van der Waals surface area contributed by atoms with Crippen molar-refractivity contribution >= 4 is 17.3 Å². The van der Waals surface area contributed by atoms with Gasteiger partial charge >= 0.3 is 5.97 Å². The molecule has 1 heterocycles. The number of carbonyl (C=O) groups is 1. The zero-order chi connectivity index (χ0) is 9.84. The van der Waals surface area contributed by atoms with Crippen molar-refractivity contribution in [3.05, 3.63) is 22.4 Å². The van der Waals surface area contributed by atoms with Crippen LogP contribution in [0.2, 0.25) is 0 Å². The Balaban J connectivity index is 2.68. The average Bonchev–Trinajstić information content (AvgIpc) is 2.67. The summed E-state index contributed by atoms with van der Waals surface area (Å²) in [6.45, 7) is 0. The van der Waals surface area contributed by atoms with Crippen molar-refractivity contribution in [1.29, 1.82) is 0 Å². The Labute approximate surface area is 79.9 Å². The van der Waals surface area contributed by atoms with Crippen molar-refractivity contribution in [3.63, 3.8) is 0 Å². The van der Waals surface area contributed by atoms with E-state index in [-0.39, 0.29) is 0 Å². The number of carbonyl (C=O) groups excluding carboxylic acids is 1. The molecule has 4 nitrogen and oxygen atoms in total. The van der Waals surface area contributed by atoms with Crippen LogP contribution in [0.25, 0.3) is 0 Å². The fraction of sp³-hybridized carbons (Fsp3) is 0.375. The molecule has 0 aliphatic heterocycles. The number of methoxy groups -OCH3 is 1. The number of aliphatic hydroxyl groups is 1. The van der Waals surface area contributed by atoms with E-state index in [0.29, 0.717) is 4.88 Å². The van der Waals surface area contributed by atoms with E-state index in [1.807, 2.05) is 5.38 Å². The molecule has 0 aliphatic carbocycles. The van der Waals surface area contributed by atoms with Crippen LogP contribution in [-0.4, -0.2) is 24.2 Å². The van der Waals surface area contributed by atoms with Gasteiger partial charge in [-0.05, 0) is 11.4 Å². The number of nitrogens with two attached hydrogens (primary N) is 1. The van der Waals surface area contributed by atoms with Crippen LogP contribution >= 0.6 is 11.3 Å². The van der Waals surface area contributed by atoms with E-state index in [1.165, 1.54) is 18.4 Å². The van der Waals surface area contributed by atoms with Crippen molar-refractivity contribution in [2.75, 3.05) is 7.11 Å². The number of hydrogen-bond donors (Lipinski definition) is 2. The maximum atomic E-state index is 10.9. The minimum absolute atomic E-state index is 0.610. The molecule has 0 bridgehead atoms. The first kappa shape index (κ1) is 10.2. The number of rotatable bonds is 3. The zero-order valence-electron chi connectivity index (χ0n) is 7.14. The van der Waals surface area contributed by atoms with Crippen LogP contribution in [0.3, 0.4) is 0 Å². The third-order valence-corrected chi connectivity index (χ3v) is 2.59. The largest absolute Gasteiger partial charge is 0.468 e. The van der Waals surface area contributed by atoms with Gasteiger partial charge in [0.2, 0.25) is 0 Å². The van der Waals surface area contributed by atoms with Crippen molar-refractivity contribution < 1.29 is 14.6 Å². The first-order valence-electron chi connectivity index (χ1n) is 3.71. The highest BCUT2D eigenvalue weighted by atomic mass is 32.1. The summed E-state index contributed by atoms with van der Waals surface area (Å²) in [6, 6.07) is 2.49. The normalized spacial score (nSPS) is 15.0. The van der Waals surface area contributed by atoms with Crippen LogP contribution in [0.15, 0.2) is 17.5 Å². The summed E-state index contributed by atoms with van der Waals surface area (Å²) in [5.41, 5.74) is 5.44. The molecule has 0 radical (unpaired) electrons. The summed E-state index contributed by atoms with van der Waals surface area (Å²) in [5, 5.41) is 11.4. The summed E-state index contributed by atoms with van der Waals surface area (Å²) < 4.78 is 4.41. The van der Waals surface area contributed by atoms with Crippen LogP contribution < -0.4 is 5.73 Å². The van der Waals surface area contributed by atoms with Crippen LogP contribution in [0.1, 0.15) is 11.0 Å². The molecule has 0 amide bonds. The van der Waals surface area contributed by atoms with E-state index in [4.69, 9.17) is 5.73 Å². The summed E-state index contributed by atoms with van der Waals surface area (Å²) in [6.07, 6.45) is -0.979. The van der Waals surface area contributed by atoms with Gasteiger partial charge in [-0.3, -0.25) is 4.79 Å². The molecule has 0 spiro atoms. The smallest absolute Gasteiger partial charge is 0.325 e. The molecule has 0 fully saturated rings. The molecule has 5 heteroatoms. The molecule has 1 rings (SSSR count). The molecule has 0 saturated heterocycles. The highest BCUT2D eigenvalue weighted by Gasteiger charge is 2.25. The van der Waals surface area contributed by atoms with Gasteiger partial charge in [0.1, 0.15) is 12.1 Å². The van der Waals surface area contributed by atoms with Gasteiger partial charge in [-0.25, -0.2) is 0 Å². The standard InChI is InChI=1S/C8H11NO3S/c1-12-8(11)6(9)7(10)5-3-2-4-13-5/h2-4,6-7,10H,9H2,1H3/t6-,7-/m0/s1. The molecule has 0 saturated carbocycles. The lowest BCUT2D eigenvalue weighted by Gasteiger charge is -2.14. The highest BCUT2D eigenvalue weighted by molar-refractivity contribution is 7.10. The molecule has 72 valence electrons. The summed E-state index contributed by atoms with van der Waals surface area (Å²) >= 11 is 1.35. The lowest BCUT2D eigenvalue weighted by atomic mass is 10.1. The zero-order valence-corrected chi connectivity index (χ0v) is 7.95. The van der Waals surface area contributed by atoms with Crippen LogP contribution in [0, 0.1) is 0 Å². The molecule has 13 heavy (non-hydrogen) atoms. The van der Waals surface area contributed by atoms with E-state index in [2.05, 4.69) is 4.74 Å². The van der Waals surface area contributed by atoms with E-state index < -0.39 is 18.1 Å². The number of esters is 1. The topological polar surface area (TPSA) is 72.5 Å². The fourth-order valence-corrected chi connectivity index (χ4v) is 1.66. The number of aliphatic hydroxyl groups excluding tert-OH is 1. The minimum atomic E-state index is -1.01. The van der Waals surface area contributed by atoms with Crippen molar-refractivity contribution in [3.8, 4) is 0 Å². The Bertz CT molecular complexity index is 273. The maximum Gasteiger partial charge on any atom is 0.325 e. The predicted octanol–water partition coefficient (Wildman–Crippen LogP) is 0.282. The lowest BCUT2D eigenvalue weighted by molar-refractivity contribution is -0.144. The SMILES string of the molecule is COC(=O)[C@@H](N)[C@@H](O)c1cccs1. The third kappa shape index (κ3) is 2.27. The van der Waals surface area contributed by atoms with E-state index in [9.17, 15) is 9.90 Å². The van der Waals surface area contributed by atoms with Gasteiger partial charge in [0.25, 0.3) is 0 Å². The first-order chi connectivity index (χ1) is 6.16. The predicted molar refractivity (Wildman–Crippen MR) is 49.3 cm³/mol. The van der Waals surface area contributed by atoms with Gasteiger partial charge in [0.15, 0.2) is 0 Å². The summed E-state index contributed by atoms with van der Waals surface area (Å²) in [4.78, 5) is 11.6. The van der Waals surface area contributed by atoms with Gasteiger partial charge in [-0.2, -0.15) is 0 Å². The molecule has 1 aromatic heterocycles. The summed E-state index contributed by atoms with van der Waals surface area (Å²) in [7, 11) is 1.24. The van der Waals surface area contributed by atoms with Crippen molar-refractivity contribution in [1.82, 2.24) is 0 Å². The van der Waals surface area contributed by atoms with Gasteiger partial charge in [-0.1, -0.05) is 6.07 Å². The van der Waals surface area contributed by atoms with Crippen LogP contribution in [0.4, 0.5) is 0 Å². The Kier molecular flexibility index (Phi) is 3.41. The van der Waals surface area contributed by atoms with Crippen LogP contribution in [-0.2, 0) is 9.53 Å². The molecule has 3 N–H and O–H groups in total. The summed E-state index contributed by atoms with van der Waals surface area (Å²) in [5.74, 6) is -0.610. The maximum absolute atomic E-state index is 10.9. The van der Waals surface area contributed by atoms with Gasteiger partial charge < -0.3 is 15.6 Å². The molecular formula is C8H11NO3S. The highest BCUT2D eigenvalue weighted by Crippen LogP contribution is 2.21. The Morgan fingerprint density at radius 2 is 2.46 bits per heavy atom. The minimum Gasteiger partial charge on any atom is -0.468 e. The molecule has 0 unspecified atom stereocenters. The van der Waals surface area contributed by atoms with Gasteiger partial charge in [0, 0.05) is 4.88 Å². The molecule has 0 aliphatic rings. The number of ether oxygens (including phenoxy) is 1. The quantitative estimate of drug-likeness (QED) is 0.689. The van der Waals surface area contributed by atoms with Crippen molar-refractivity contribution in [2.45, 2.75) is 12.1 Å². The van der Waals surface area contributed by atoms with E-state index >= 15 is 0 Å². The molecule has 2 atom stereocenters. The van der Waals surface area contributed by atoms with Crippen molar-refractivity contribution in [2.24, 2.45) is 5.73 Å². The molecule has 0 aromatic carbocycles. The van der Waals surface area contributed by atoms with E-state index in [0.717, 1.165) is 0 Å². The van der Waals surface area contributed by atoms with Gasteiger partial charge in [-0.15, -0.1) is 11.3 Å². The molecule has 1 aromatic rings. The Morgan fingerprint density at radius 1 is 1.77 bits per heavy atom. The first-order valence-corrected chi connectivity index (χ1v) is 4.59. The van der Waals surface area contributed by atoms with E-state index in [1.54, 1.807) is 12.1 Å². The number of hydrogen-bond acceptors (Lipinski definition) is 5. The van der Waals surface area contributed by atoms with Crippen LogP contribution in [0.5, 0.6) is 0 Å². The second kappa shape index (κ2) is 4.36. The Morgan fingerprint density at radius 3 is 2.92 bits per heavy atom. The second-order valence-corrected chi connectivity index (χ2v) is 3.49. The fourth-order valence-electron chi connectivity index (χ4n) is 0.902.